The van der Waals surface area contributed by atoms with Crippen molar-refractivity contribution in [1.82, 2.24) is 15.4 Å². The molecule has 1 rings (SSSR count). The summed E-state index contributed by atoms with van der Waals surface area (Å²) in [6.07, 6.45) is 3.13. The molecule has 1 aromatic heterocycles. The number of halogens is 2. The van der Waals surface area contributed by atoms with Gasteiger partial charge in [0.2, 0.25) is 0 Å². The highest BCUT2D eigenvalue weighted by Gasteiger charge is 2.09. The van der Waals surface area contributed by atoms with E-state index in [0.717, 1.165) is 0 Å². The van der Waals surface area contributed by atoms with Crippen LogP contribution in [0.25, 0.3) is 0 Å². The average molecular weight is 262 g/mol. The predicted octanol–water partition coefficient (Wildman–Crippen LogP) is 1.51. The number of hydrogen-bond donors (Lipinski definition) is 1. The van der Waals surface area contributed by atoms with Crippen LogP contribution in [-0.2, 0) is 0 Å². The van der Waals surface area contributed by atoms with Gasteiger partial charge < -0.3 is 0 Å². The minimum atomic E-state index is -0.205. The zero-order valence-electron chi connectivity index (χ0n) is 8.70. The molecular weight excluding hydrogens is 249 g/mol. The highest BCUT2D eigenvalue weighted by molar-refractivity contribution is 6.18. The Morgan fingerprint density at radius 3 is 2.56 bits per heavy atom. The van der Waals surface area contributed by atoms with Gasteiger partial charge in [-0.15, -0.1) is 23.2 Å². The summed E-state index contributed by atoms with van der Waals surface area (Å²) in [5, 5.41) is 1.69. The third-order valence-corrected chi connectivity index (χ3v) is 2.23. The molecule has 1 aromatic rings. The molecule has 0 aliphatic heterocycles. The van der Waals surface area contributed by atoms with Crippen LogP contribution in [0, 0.1) is 0 Å². The van der Waals surface area contributed by atoms with Gasteiger partial charge in [0.1, 0.15) is 0 Å². The van der Waals surface area contributed by atoms with E-state index in [4.69, 9.17) is 23.2 Å². The highest BCUT2D eigenvalue weighted by Crippen LogP contribution is 1.97. The number of aromatic nitrogens is 1. The van der Waals surface area contributed by atoms with E-state index in [9.17, 15) is 4.79 Å². The lowest BCUT2D eigenvalue weighted by molar-refractivity contribution is 0.0808. The van der Waals surface area contributed by atoms with Crippen LogP contribution < -0.4 is 5.43 Å². The minimum Gasteiger partial charge on any atom is -0.285 e. The largest absolute Gasteiger partial charge is 0.285 e. The Kier molecular flexibility index (Phi) is 6.15. The molecule has 4 nitrogen and oxygen atoms in total. The molecular formula is C10H13Cl2N3O. The van der Waals surface area contributed by atoms with E-state index in [2.05, 4.69) is 10.4 Å². The second-order valence-electron chi connectivity index (χ2n) is 3.05. The number of nitrogens with zero attached hydrogens (tertiary/aromatic N) is 2. The zero-order chi connectivity index (χ0) is 11.8. The topological polar surface area (TPSA) is 45.2 Å². The number of nitrogens with one attached hydrogen (secondary N) is 1. The third kappa shape index (κ3) is 4.35. The van der Waals surface area contributed by atoms with E-state index in [0.29, 0.717) is 30.4 Å². The SMILES string of the molecule is O=C(NN(CCCl)CCCl)c1cccnc1. The summed E-state index contributed by atoms with van der Waals surface area (Å²) in [5.41, 5.74) is 3.23. The lowest BCUT2D eigenvalue weighted by Gasteiger charge is -2.20. The molecule has 0 fully saturated rings. The predicted molar refractivity (Wildman–Crippen MR) is 64.7 cm³/mol. The molecule has 0 unspecified atom stereocenters. The van der Waals surface area contributed by atoms with E-state index >= 15 is 0 Å². The maximum Gasteiger partial charge on any atom is 0.267 e. The van der Waals surface area contributed by atoms with Crippen molar-refractivity contribution in [2.24, 2.45) is 0 Å². The molecule has 16 heavy (non-hydrogen) atoms. The standard InChI is InChI=1S/C10H13Cl2N3O/c11-3-6-15(7-4-12)14-10(16)9-2-1-5-13-8-9/h1-2,5,8H,3-4,6-7H2,(H,14,16). The molecule has 88 valence electrons. The Labute approximate surface area is 105 Å². The van der Waals surface area contributed by atoms with Crippen molar-refractivity contribution in [3.63, 3.8) is 0 Å². The van der Waals surface area contributed by atoms with Gasteiger partial charge >= 0.3 is 0 Å². The van der Waals surface area contributed by atoms with Crippen LogP contribution in [0.4, 0.5) is 0 Å². The Morgan fingerprint density at radius 1 is 1.38 bits per heavy atom. The zero-order valence-corrected chi connectivity index (χ0v) is 10.2. The van der Waals surface area contributed by atoms with Gasteiger partial charge in [0, 0.05) is 37.2 Å². The quantitative estimate of drug-likeness (QED) is 0.624. The average Bonchev–Trinajstić information content (AvgIpc) is 2.31. The smallest absolute Gasteiger partial charge is 0.267 e. The van der Waals surface area contributed by atoms with Crippen LogP contribution in [0.15, 0.2) is 24.5 Å². The first kappa shape index (κ1) is 13.2. The van der Waals surface area contributed by atoms with Gasteiger partial charge in [-0.3, -0.25) is 15.2 Å². The van der Waals surface area contributed by atoms with E-state index in [-0.39, 0.29) is 5.91 Å². The monoisotopic (exact) mass is 261 g/mol. The van der Waals surface area contributed by atoms with Crippen LogP contribution in [0.1, 0.15) is 10.4 Å². The molecule has 0 aliphatic carbocycles. The maximum absolute atomic E-state index is 11.7. The van der Waals surface area contributed by atoms with Gasteiger partial charge in [-0.25, -0.2) is 5.01 Å². The number of hydrogen-bond acceptors (Lipinski definition) is 3. The molecule has 1 heterocycles. The molecule has 0 bridgehead atoms. The molecule has 6 heteroatoms. The Morgan fingerprint density at radius 2 is 2.06 bits per heavy atom. The number of carbonyl (C=O) groups is 1. The number of pyridine rings is 1. The molecule has 1 amide bonds. The summed E-state index contributed by atoms with van der Waals surface area (Å²) in [7, 11) is 0. The van der Waals surface area contributed by atoms with Crippen molar-refractivity contribution >= 4 is 29.1 Å². The van der Waals surface area contributed by atoms with E-state index < -0.39 is 0 Å². The fourth-order valence-corrected chi connectivity index (χ4v) is 1.54. The van der Waals surface area contributed by atoms with Gasteiger partial charge in [-0.2, -0.15) is 0 Å². The second kappa shape index (κ2) is 7.44. The molecule has 0 saturated heterocycles. The highest BCUT2D eigenvalue weighted by atomic mass is 35.5. The third-order valence-electron chi connectivity index (χ3n) is 1.89. The summed E-state index contributed by atoms with van der Waals surface area (Å²) in [4.78, 5) is 15.6. The van der Waals surface area contributed by atoms with Crippen molar-refractivity contribution < 1.29 is 4.79 Å². The van der Waals surface area contributed by atoms with Crippen LogP contribution in [0.3, 0.4) is 0 Å². The lowest BCUT2D eigenvalue weighted by Crippen LogP contribution is -2.44. The maximum atomic E-state index is 11.7. The van der Waals surface area contributed by atoms with Crippen LogP contribution in [-0.4, -0.2) is 40.7 Å². The molecule has 0 atom stereocenters. The van der Waals surface area contributed by atoms with Gasteiger partial charge in [-0.05, 0) is 12.1 Å². The first-order valence-electron chi connectivity index (χ1n) is 4.86. The lowest BCUT2D eigenvalue weighted by atomic mass is 10.3. The normalized spacial score (nSPS) is 10.4. The summed E-state index contributed by atoms with van der Waals surface area (Å²) in [5.74, 6) is 0.664. The minimum absolute atomic E-state index is 0.205. The molecule has 0 radical (unpaired) electrons. The van der Waals surface area contributed by atoms with Crippen molar-refractivity contribution in [2.75, 3.05) is 24.8 Å². The summed E-state index contributed by atoms with van der Waals surface area (Å²) >= 11 is 11.2. The molecule has 0 aromatic carbocycles. The molecule has 0 aliphatic rings. The van der Waals surface area contributed by atoms with Gasteiger partial charge in [-0.1, -0.05) is 0 Å². The fraction of sp³-hybridized carbons (Fsp3) is 0.400. The summed E-state index contributed by atoms with van der Waals surface area (Å²) < 4.78 is 0. The number of hydrazine groups is 1. The molecule has 0 spiro atoms. The number of amides is 1. The van der Waals surface area contributed by atoms with E-state index in [1.807, 2.05) is 0 Å². The van der Waals surface area contributed by atoms with Crippen molar-refractivity contribution in [2.45, 2.75) is 0 Å². The van der Waals surface area contributed by atoms with Crippen LogP contribution >= 0.6 is 23.2 Å². The number of alkyl halides is 2. The van der Waals surface area contributed by atoms with Crippen molar-refractivity contribution in [1.29, 1.82) is 0 Å². The first-order valence-corrected chi connectivity index (χ1v) is 5.92. The Balaban J connectivity index is 2.54. The second-order valence-corrected chi connectivity index (χ2v) is 3.80. The molecule has 0 saturated carbocycles. The number of rotatable bonds is 6. The van der Waals surface area contributed by atoms with E-state index in [1.165, 1.54) is 6.20 Å². The van der Waals surface area contributed by atoms with E-state index in [1.54, 1.807) is 23.3 Å². The first-order chi connectivity index (χ1) is 7.77. The molecule has 1 N–H and O–H groups in total. The van der Waals surface area contributed by atoms with Gasteiger partial charge in [0.05, 0.1) is 5.56 Å². The van der Waals surface area contributed by atoms with Crippen LogP contribution in [0.5, 0.6) is 0 Å². The van der Waals surface area contributed by atoms with Crippen molar-refractivity contribution in [3.8, 4) is 0 Å². The Hall–Kier alpha value is -0.840. The summed E-state index contributed by atoms with van der Waals surface area (Å²) in [6.45, 7) is 1.11. The van der Waals surface area contributed by atoms with Crippen LogP contribution in [0.2, 0.25) is 0 Å². The van der Waals surface area contributed by atoms with Gasteiger partial charge in [0.15, 0.2) is 0 Å². The fourth-order valence-electron chi connectivity index (χ4n) is 1.13. The Bertz CT molecular complexity index is 315. The van der Waals surface area contributed by atoms with Gasteiger partial charge in [0.25, 0.3) is 5.91 Å². The number of carbonyl (C=O) groups excluding carboxylic acids is 1. The summed E-state index contributed by atoms with van der Waals surface area (Å²) in [6, 6.07) is 3.41. The van der Waals surface area contributed by atoms with Crippen molar-refractivity contribution in [3.05, 3.63) is 30.1 Å².